The van der Waals surface area contributed by atoms with Gasteiger partial charge >= 0.3 is 0 Å². The number of halogens is 1. The van der Waals surface area contributed by atoms with Crippen molar-refractivity contribution in [1.29, 1.82) is 0 Å². The minimum absolute atomic E-state index is 0.0565. The molecule has 2 aromatic rings. The van der Waals surface area contributed by atoms with Crippen LogP contribution in [0.3, 0.4) is 0 Å². The van der Waals surface area contributed by atoms with Crippen LogP contribution in [0.2, 0.25) is 0 Å². The Hall–Kier alpha value is -2.27. The quantitative estimate of drug-likeness (QED) is 0.619. The van der Waals surface area contributed by atoms with Crippen LogP contribution < -0.4 is 14.8 Å². The number of ether oxygens (including phenoxy) is 2. The summed E-state index contributed by atoms with van der Waals surface area (Å²) in [5.74, 6) is 1.47. The zero-order valence-electron chi connectivity index (χ0n) is 14.4. The molecule has 0 radical (unpaired) electrons. The standard InChI is InChI=1S/C20H22BrNO3/c1-4-10-24-17-7-5-6-16(12-17)22-20(23)13-25-19-9-8-15(21)11-18(19)14(2)3/h4-9,11-12,14H,1,10,13H2,2-3H3,(H,22,23). The molecule has 0 saturated carbocycles. The van der Waals surface area contributed by atoms with Crippen molar-refractivity contribution >= 4 is 27.5 Å². The third kappa shape index (κ3) is 5.94. The molecule has 1 N–H and O–H groups in total. The van der Waals surface area contributed by atoms with Crippen LogP contribution in [-0.2, 0) is 4.79 Å². The van der Waals surface area contributed by atoms with Crippen molar-refractivity contribution in [3.05, 3.63) is 65.2 Å². The fourth-order valence-corrected chi connectivity index (χ4v) is 2.64. The second-order valence-electron chi connectivity index (χ2n) is 5.80. The molecule has 0 unspecified atom stereocenters. The molecule has 2 rings (SSSR count). The highest BCUT2D eigenvalue weighted by Gasteiger charge is 2.11. The molecule has 2 aromatic carbocycles. The zero-order valence-corrected chi connectivity index (χ0v) is 16.0. The second kappa shape index (κ2) is 9.28. The minimum Gasteiger partial charge on any atom is -0.489 e. The van der Waals surface area contributed by atoms with Crippen LogP contribution >= 0.6 is 15.9 Å². The molecule has 0 saturated heterocycles. The largest absolute Gasteiger partial charge is 0.489 e. The van der Waals surface area contributed by atoms with Gasteiger partial charge in [0.05, 0.1) is 0 Å². The first-order valence-electron chi connectivity index (χ1n) is 8.05. The summed E-state index contributed by atoms with van der Waals surface area (Å²) in [6.07, 6.45) is 1.67. The number of rotatable bonds is 8. The minimum atomic E-state index is -0.224. The molecule has 132 valence electrons. The monoisotopic (exact) mass is 403 g/mol. The molecule has 4 nitrogen and oxygen atoms in total. The van der Waals surface area contributed by atoms with E-state index < -0.39 is 0 Å². The Morgan fingerprint density at radius 2 is 2.04 bits per heavy atom. The summed E-state index contributed by atoms with van der Waals surface area (Å²) in [7, 11) is 0. The van der Waals surface area contributed by atoms with Gasteiger partial charge in [-0.1, -0.05) is 48.5 Å². The molecule has 5 heteroatoms. The van der Waals surface area contributed by atoms with E-state index in [1.807, 2.05) is 30.3 Å². The predicted octanol–water partition coefficient (Wildman–Crippen LogP) is 5.15. The van der Waals surface area contributed by atoms with E-state index in [4.69, 9.17) is 9.47 Å². The molecular formula is C20H22BrNO3. The number of benzene rings is 2. The fourth-order valence-electron chi connectivity index (χ4n) is 2.26. The van der Waals surface area contributed by atoms with Crippen molar-refractivity contribution in [3.63, 3.8) is 0 Å². The van der Waals surface area contributed by atoms with Gasteiger partial charge in [0.25, 0.3) is 5.91 Å². The van der Waals surface area contributed by atoms with Crippen molar-refractivity contribution in [2.45, 2.75) is 19.8 Å². The third-order valence-corrected chi connectivity index (χ3v) is 3.93. The maximum atomic E-state index is 12.2. The van der Waals surface area contributed by atoms with E-state index in [0.29, 0.717) is 24.0 Å². The lowest BCUT2D eigenvalue weighted by atomic mass is 10.0. The van der Waals surface area contributed by atoms with Gasteiger partial charge in [-0.05, 0) is 41.8 Å². The normalized spacial score (nSPS) is 10.4. The highest BCUT2D eigenvalue weighted by atomic mass is 79.9. The highest BCUT2D eigenvalue weighted by molar-refractivity contribution is 9.10. The van der Waals surface area contributed by atoms with E-state index in [-0.39, 0.29) is 12.5 Å². The average molecular weight is 404 g/mol. The lowest BCUT2D eigenvalue weighted by Crippen LogP contribution is -2.20. The van der Waals surface area contributed by atoms with Gasteiger partial charge < -0.3 is 14.8 Å². The van der Waals surface area contributed by atoms with E-state index in [1.165, 1.54) is 0 Å². The highest BCUT2D eigenvalue weighted by Crippen LogP contribution is 2.29. The first kappa shape index (κ1) is 19.1. The summed E-state index contributed by atoms with van der Waals surface area (Å²) in [5, 5.41) is 2.81. The molecule has 25 heavy (non-hydrogen) atoms. The fraction of sp³-hybridized carbons (Fsp3) is 0.250. The number of hydrogen-bond donors (Lipinski definition) is 1. The number of nitrogens with one attached hydrogen (secondary N) is 1. The summed E-state index contributed by atoms with van der Waals surface area (Å²) in [6, 6.07) is 13.0. The third-order valence-electron chi connectivity index (χ3n) is 3.44. The van der Waals surface area contributed by atoms with Crippen LogP contribution in [-0.4, -0.2) is 19.1 Å². The second-order valence-corrected chi connectivity index (χ2v) is 6.72. The molecule has 0 heterocycles. The summed E-state index contributed by atoms with van der Waals surface area (Å²) >= 11 is 3.46. The first-order chi connectivity index (χ1) is 12.0. The van der Waals surface area contributed by atoms with E-state index in [9.17, 15) is 4.79 Å². The van der Waals surface area contributed by atoms with Crippen LogP contribution in [0.25, 0.3) is 0 Å². The SMILES string of the molecule is C=CCOc1cccc(NC(=O)COc2ccc(Br)cc2C(C)C)c1. The van der Waals surface area contributed by atoms with E-state index in [2.05, 4.69) is 41.7 Å². The van der Waals surface area contributed by atoms with E-state index in [1.54, 1.807) is 18.2 Å². The maximum Gasteiger partial charge on any atom is 0.262 e. The molecule has 0 fully saturated rings. The number of hydrogen-bond acceptors (Lipinski definition) is 3. The molecule has 0 aromatic heterocycles. The van der Waals surface area contributed by atoms with Crippen molar-refractivity contribution in [1.82, 2.24) is 0 Å². The van der Waals surface area contributed by atoms with Gasteiger partial charge in [0.15, 0.2) is 6.61 Å². The van der Waals surface area contributed by atoms with Crippen LogP contribution in [0.15, 0.2) is 59.6 Å². The van der Waals surface area contributed by atoms with E-state index >= 15 is 0 Å². The van der Waals surface area contributed by atoms with E-state index in [0.717, 1.165) is 15.8 Å². The Morgan fingerprint density at radius 3 is 2.76 bits per heavy atom. The Balaban J connectivity index is 1.96. The van der Waals surface area contributed by atoms with Crippen LogP contribution in [0.5, 0.6) is 11.5 Å². The molecule has 1 amide bonds. The smallest absolute Gasteiger partial charge is 0.262 e. The number of carbonyl (C=O) groups is 1. The number of carbonyl (C=O) groups excluding carboxylic acids is 1. The maximum absolute atomic E-state index is 12.2. The van der Waals surface area contributed by atoms with Gasteiger partial charge in [0.1, 0.15) is 18.1 Å². The molecule has 0 aliphatic carbocycles. The molecule has 0 bridgehead atoms. The summed E-state index contributed by atoms with van der Waals surface area (Å²) in [6.45, 7) is 8.15. The van der Waals surface area contributed by atoms with Crippen molar-refractivity contribution < 1.29 is 14.3 Å². The van der Waals surface area contributed by atoms with Crippen molar-refractivity contribution in [3.8, 4) is 11.5 Å². The van der Waals surface area contributed by atoms with Crippen LogP contribution in [0, 0.1) is 0 Å². The molecule has 0 aliphatic rings. The molecule has 0 spiro atoms. The van der Waals surface area contributed by atoms with Gasteiger partial charge in [-0.15, -0.1) is 0 Å². The Morgan fingerprint density at radius 1 is 1.24 bits per heavy atom. The lowest BCUT2D eigenvalue weighted by molar-refractivity contribution is -0.118. The summed E-state index contributed by atoms with van der Waals surface area (Å²) < 4.78 is 12.2. The molecule has 0 aliphatic heterocycles. The van der Waals surface area contributed by atoms with Crippen molar-refractivity contribution in [2.75, 3.05) is 18.5 Å². The Bertz CT molecular complexity index is 743. The number of anilines is 1. The molecular weight excluding hydrogens is 382 g/mol. The Kier molecular flexibility index (Phi) is 7.07. The van der Waals surface area contributed by atoms with Crippen LogP contribution in [0.1, 0.15) is 25.3 Å². The van der Waals surface area contributed by atoms with Gasteiger partial charge in [0, 0.05) is 16.2 Å². The van der Waals surface area contributed by atoms with Gasteiger partial charge in [-0.25, -0.2) is 0 Å². The van der Waals surface area contributed by atoms with Gasteiger partial charge in [-0.2, -0.15) is 0 Å². The predicted molar refractivity (Wildman–Crippen MR) is 104 cm³/mol. The lowest BCUT2D eigenvalue weighted by Gasteiger charge is -2.14. The van der Waals surface area contributed by atoms with Crippen molar-refractivity contribution in [2.24, 2.45) is 0 Å². The topological polar surface area (TPSA) is 47.6 Å². The first-order valence-corrected chi connectivity index (χ1v) is 8.84. The number of amides is 1. The van der Waals surface area contributed by atoms with Gasteiger partial charge in [0.2, 0.25) is 0 Å². The summed E-state index contributed by atoms with van der Waals surface area (Å²) in [4.78, 5) is 12.2. The molecule has 0 atom stereocenters. The van der Waals surface area contributed by atoms with Gasteiger partial charge in [-0.3, -0.25) is 4.79 Å². The summed E-state index contributed by atoms with van der Waals surface area (Å²) in [5.41, 5.74) is 1.72. The average Bonchev–Trinajstić information content (AvgIpc) is 2.59. The Labute approximate surface area is 157 Å². The van der Waals surface area contributed by atoms with Crippen LogP contribution in [0.4, 0.5) is 5.69 Å². The zero-order chi connectivity index (χ0) is 18.2.